The highest BCUT2D eigenvalue weighted by Crippen LogP contribution is 2.23. The van der Waals surface area contributed by atoms with Crippen molar-refractivity contribution in [1.82, 2.24) is 0 Å². The minimum absolute atomic E-state index is 0.142. The number of benzene rings is 1. The van der Waals surface area contributed by atoms with Gasteiger partial charge < -0.3 is 4.74 Å². The maximum absolute atomic E-state index is 12.9. The Morgan fingerprint density at radius 1 is 1.47 bits per heavy atom. The van der Waals surface area contributed by atoms with Gasteiger partial charge >= 0.3 is 0 Å². The maximum atomic E-state index is 12.9. The van der Waals surface area contributed by atoms with Crippen LogP contribution in [0.15, 0.2) is 18.2 Å². The molecule has 1 aromatic carbocycles. The second kappa shape index (κ2) is 4.29. The molecule has 4 heteroatoms. The molecule has 0 heterocycles. The van der Waals surface area contributed by atoms with Crippen LogP contribution in [0.25, 0.3) is 0 Å². The summed E-state index contributed by atoms with van der Waals surface area (Å²) in [6, 6.07) is 3.68. The Bertz CT molecular complexity index is 388. The van der Waals surface area contributed by atoms with Gasteiger partial charge in [-0.1, -0.05) is 11.6 Å². The number of hydrogen-bond acceptors (Lipinski definition) is 2. The topological polar surface area (TPSA) is 26.3 Å². The van der Waals surface area contributed by atoms with E-state index in [0.717, 1.165) is 6.07 Å². The second-order valence-electron chi connectivity index (χ2n) is 3.67. The summed E-state index contributed by atoms with van der Waals surface area (Å²) in [6.07, 6.45) is 0. The average Bonchev–Trinajstić information content (AvgIpc) is 2.20. The summed E-state index contributed by atoms with van der Waals surface area (Å²) in [4.78, 5) is 11.9. The number of carbonyl (C=O) groups excluding carboxylic acids is 1. The van der Waals surface area contributed by atoms with Gasteiger partial charge in [0.25, 0.3) is 0 Å². The molecule has 0 bridgehead atoms. The highest BCUT2D eigenvalue weighted by atomic mass is 35.5. The molecule has 0 aliphatic carbocycles. The van der Waals surface area contributed by atoms with E-state index in [-0.39, 0.29) is 16.4 Å². The van der Waals surface area contributed by atoms with E-state index in [9.17, 15) is 9.18 Å². The molecule has 0 N–H and O–H groups in total. The molecule has 0 fully saturated rings. The number of hydrogen-bond donors (Lipinski definition) is 0. The Kier molecular flexibility index (Phi) is 3.47. The van der Waals surface area contributed by atoms with E-state index in [1.165, 1.54) is 19.2 Å². The Labute approximate surface area is 93.0 Å². The highest BCUT2D eigenvalue weighted by Gasteiger charge is 2.29. The van der Waals surface area contributed by atoms with Crippen LogP contribution < -0.4 is 0 Å². The van der Waals surface area contributed by atoms with Crippen molar-refractivity contribution in [2.45, 2.75) is 19.4 Å². The number of methoxy groups -OCH3 is 1. The molecular formula is C11H12ClFO2. The van der Waals surface area contributed by atoms with E-state index in [0.29, 0.717) is 0 Å². The number of ether oxygens (including phenoxy) is 1. The predicted molar refractivity (Wildman–Crippen MR) is 56.8 cm³/mol. The molecule has 0 saturated heterocycles. The van der Waals surface area contributed by atoms with Crippen LogP contribution in [0.3, 0.4) is 0 Å². The zero-order valence-electron chi connectivity index (χ0n) is 8.80. The monoisotopic (exact) mass is 230 g/mol. The first kappa shape index (κ1) is 12.1. The van der Waals surface area contributed by atoms with E-state index < -0.39 is 11.4 Å². The molecule has 15 heavy (non-hydrogen) atoms. The molecule has 0 aliphatic rings. The Morgan fingerprint density at radius 3 is 2.60 bits per heavy atom. The van der Waals surface area contributed by atoms with Gasteiger partial charge in [-0.05, 0) is 32.0 Å². The molecule has 0 aromatic heterocycles. The fourth-order valence-corrected chi connectivity index (χ4v) is 1.29. The first-order valence-electron chi connectivity index (χ1n) is 4.43. The fraction of sp³-hybridized carbons (Fsp3) is 0.364. The van der Waals surface area contributed by atoms with Gasteiger partial charge in [0.15, 0.2) is 5.78 Å². The lowest BCUT2D eigenvalue weighted by molar-refractivity contribution is 0.0228. The summed E-state index contributed by atoms with van der Waals surface area (Å²) in [5.74, 6) is -0.829. The molecule has 0 unspecified atom stereocenters. The van der Waals surface area contributed by atoms with E-state index in [1.54, 1.807) is 13.8 Å². The normalized spacial score (nSPS) is 11.5. The lowest BCUT2D eigenvalue weighted by Crippen LogP contribution is -2.34. The quantitative estimate of drug-likeness (QED) is 0.746. The summed E-state index contributed by atoms with van der Waals surface area (Å²) in [5, 5.41) is 0.228. The van der Waals surface area contributed by atoms with Crippen molar-refractivity contribution in [3.05, 3.63) is 34.6 Å². The summed E-state index contributed by atoms with van der Waals surface area (Å²) in [7, 11) is 1.42. The van der Waals surface area contributed by atoms with Crippen molar-refractivity contribution in [2.75, 3.05) is 7.11 Å². The molecule has 0 amide bonds. The molecule has 1 rings (SSSR count). The SMILES string of the molecule is COC(C)(C)C(=O)c1cc(F)ccc1Cl. The van der Waals surface area contributed by atoms with Crippen molar-refractivity contribution in [1.29, 1.82) is 0 Å². The van der Waals surface area contributed by atoms with Gasteiger partial charge in [-0.2, -0.15) is 0 Å². The maximum Gasteiger partial charge on any atom is 0.195 e. The number of ketones is 1. The largest absolute Gasteiger partial charge is 0.371 e. The van der Waals surface area contributed by atoms with Gasteiger partial charge in [0.1, 0.15) is 11.4 Å². The van der Waals surface area contributed by atoms with Gasteiger partial charge in [-0.15, -0.1) is 0 Å². The molecule has 0 atom stereocenters. The number of Topliss-reactive ketones (excluding diaryl/α,β-unsaturated/α-hetero) is 1. The van der Waals surface area contributed by atoms with Crippen LogP contribution in [0.2, 0.25) is 5.02 Å². The van der Waals surface area contributed by atoms with Gasteiger partial charge in [0, 0.05) is 12.7 Å². The van der Waals surface area contributed by atoms with Gasteiger partial charge in [0.2, 0.25) is 0 Å². The lowest BCUT2D eigenvalue weighted by atomic mass is 9.96. The van der Waals surface area contributed by atoms with E-state index >= 15 is 0 Å². The van der Waals surface area contributed by atoms with E-state index in [1.807, 2.05) is 0 Å². The van der Waals surface area contributed by atoms with Gasteiger partial charge in [0.05, 0.1) is 5.02 Å². The van der Waals surface area contributed by atoms with Crippen molar-refractivity contribution < 1.29 is 13.9 Å². The molecule has 1 aromatic rings. The third-order valence-corrected chi connectivity index (χ3v) is 2.56. The average molecular weight is 231 g/mol. The summed E-state index contributed by atoms with van der Waals surface area (Å²) in [6.45, 7) is 3.22. The van der Waals surface area contributed by atoms with Crippen LogP contribution in [0.5, 0.6) is 0 Å². The van der Waals surface area contributed by atoms with Crippen LogP contribution >= 0.6 is 11.6 Å². The smallest absolute Gasteiger partial charge is 0.195 e. The van der Waals surface area contributed by atoms with Crippen molar-refractivity contribution in [3.8, 4) is 0 Å². The Morgan fingerprint density at radius 2 is 2.07 bits per heavy atom. The number of halogens is 2. The van der Waals surface area contributed by atoms with Crippen LogP contribution in [0.1, 0.15) is 24.2 Å². The summed E-state index contributed by atoms with van der Waals surface area (Å²) >= 11 is 5.81. The summed E-state index contributed by atoms with van der Waals surface area (Å²) < 4.78 is 18.0. The zero-order chi connectivity index (χ0) is 11.6. The van der Waals surface area contributed by atoms with E-state index in [2.05, 4.69) is 0 Å². The Hall–Kier alpha value is -0.930. The minimum Gasteiger partial charge on any atom is -0.371 e. The van der Waals surface area contributed by atoms with Crippen LogP contribution in [0, 0.1) is 5.82 Å². The third-order valence-electron chi connectivity index (χ3n) is 2.23. The molecule has 2 nitrogen and oxygen atoms in total. The van der Waals surface area contributed by atoms with Crippen molar-refractivity contribution in [2.24, 2.45) is 0 Å². The summed E-state index contributed by atoms with van der Waals surface area (Å²) in [5.41, 5.74) is -0.860. The standard InChI is InChI=1S/C11H12ClFO2/c1-11(2,15-3)10(14)8-6-7(13)4-5-9(8)12/h4-6H,1-3H3. The molecule has 0 aliphatic heterocycles. The molecule has 0 radical (unpaired) electrons. The predicted octanol–water partition coefficient (Wildman–Crippen LogP) is 3.09. The first-order chi connectivity index (χ1) is 6.88. The number of rotatable bonds is 3. The lowest BCUT2D eigenvalue weighted by Gasteiger charge is -2.21. The molecule has 0 spiro atoms. The minimum atomic E-state index is -1.00. The van der Waals surface area contributed by atoms with Crippen molar-refractivity contribution >= 4 is 17.4 Å². The first-order valence-corrected chi connectivity index (χ1v) is 4.81. The highest BCUT2D eigenvalue weighted by molar-refractivity contribution is 6.34. The number of carbonyl (C=O) groups is 1. The molecule has 82 valence electrons. The van der Waals surface area contributed by atoms with Crippen LogP contribution in [0.4, 0.5) is 4.39 Å². The Balaban J connectivity index is 3.17. The van der Waals surface area contributed by atoms with Gasteiger partial charge in [-0.3, -0.25) is 4.79 Å². The van der Waals surface area contributed by atoms with E-state index in [4.69, 9.17) is 16.3 Å². The molecule has 0 saturated carbocycles. The zero-order valence-corrected chi connectivity index (χ0v) is 9.56. The van der Waals surface area contributed by atoms with Crippen LogP contribution in [-0.4, -0.2) is 18.5 Å². The second-order valence-corrected chi connectivity index (χ2v) is 4.07. The van der Waals surface area contributed by atoms with Crippen molar-refractivity contribution in [3.63, 3.8) is 0 Å². The van der Waals surface area contributed by atoms with Gasteiger partial charge in [-0.25, -0.2) is 4.39 Å². The third kappa shape index (κ3) is 2.55. The fourth-order valence-electron chi connectivity index (χ4n) is 1.09. The molecular weight excluding hydrogens is 219 g/mol. The van der Waals surface area contributed by atoms with Crippen LogP contribution in [-0.2, 0) is 4.74 Å².